The first-order valence-electron chi connectivity index (χ1n) is 7.32. The van der Waals surface area contributed by atoms with E-state index in [1.807, 2.05) is 13.8 Å². The zero-order chi connectivity index (χ0) is 17.4. The Balaban J connectivity index is 0.00000288. The molecule has 136 valence electrons. The molecular weight excluding hydrogens is 354 g/mol. The molecule has 7 nitrogen and oxygen atoms in total. The molecule has 0 spiro atoms. The smallest absolute Gasteiger partial charge is 0.257 e. The normalized spacial score (nSPS) is 20.2. The van der Waals surface area contributed by atoms with Crippen LogP contribution in [0.3, 0.4) is 0 Å². The number of carbonyl (C=O) groups is 1. The summed E-state index contributed by atoms with van der Waals surface area (Å²) in [5.74, 6) is 0.0300. The Labute approximate surface area is 148 Å². The number of amides is 1. The predicted octanol–water partition coefficient (Wildman–Crippen LogP) is 0.964. The van der Waals surface area contributed by atoms with Crippen molar-refractivity contribution in [2.24, 2.45) is 16.3 Å². The summed E-state index contributed by atoms with van der Waals surface area (Å²) in [5.41, 5.74) is 6.07. The second-order valence-corrected chi connectivity index (χ2v) is 8.08. The van der Waals surface area contributed by atoms with Crippen molar-refractivity contribution in [1.82, 2.24) is 4.90 Å². The molecule has 1 aromatic carbocycles. The summed E-state index contributed by atoms with van der Waals surface area (Å²) in [5, 5.41) is 5.15. The number of sulfonamides is 1. The van der Waals surface area contributed by atoms with E-state index in [0.29, 0.717) is 25.3 Å². The van der Waals surface area contributed by atoms with Gasteiger partial charge in [-0.2, -0.15) is 0 Å². The van der Waals surface area contributed by atoms with Gasteiger partial charge in [-0.3, -0.25) is 4.79 Å². The van der Waals surface area contributed by atoms with Gasteiger partial charge in [0.05, 0.1) is 17.6 Å². The van der Waals surface area contributed by atoms with E-state index in [9.17, 15) is 13.2 Å². The molecule has 1 aliphatic rings. The highest BCUT2D eigenvalue weighted by Crippen LogP contribution is 2.30. The highest BCUT2D eigenvalue weighted by molar-refractivity contribution is 7.89. The Morgan fingerprint density at radius 2 is 2.00 bits per heavy atom. The molecule has 9 heteroatoms. The molecular formula is C15H24ClN3O4S. The second-order valence-electron chi connectivity index (χ2n) is 6.52. The molecule has 0 bridgehead atoms. The fourth-order valence-corrected chi connectivity index (χ4v) is 3.29. The number of benzene rings is 1. The molecule has 1 atom stereocenters. The molecule has 1 fully saturated rings. The third-order valence-electron chi connectivity index (χ3n) is 4.33. The number of rotatable bonds is 3. The summed E-state index contributed by atoms with van der Waals surface area (Å²) in [6, 6.07) is 4.04. The molecule has 2 rings (SSSR count). The van der Waals surface area contributed by atoms with Crippen LogP contribution in [0.5, 0.6) is 5.75 Å². The third kappa shape index (κ3) is 4.18. The van der Waals surface area contributed by atoms with E-state index in [2.05, 4.69) is 0 Å². The number of halogens is 1. The van der Waals surface area contributed by atoms with Gasteiger partial charge in [0.25, 0.3) is 5.91 Å². The maximum Gasteiger partial charge on any atom is 0.257 e. The van der Waals surface area contributed by atoms with Gasteiger partial charge in [0.2, 0.25) is 10.0 Å². The first-order valence-corrected chi connectivity index (χ1v) is 8.86. The lowest BCUT2D eigenvalue weighted by Gasteiger charge is -2.42. The Bertz CT molecular complexity index is 721. The summed E-state index contributed by atoms with van der Waals surface area (Å²) in [6.07, 6.45) is 0.690. The quantitative estimate of drug-likeness (QED) is 0.813. The summed E-state index contributed by atoms with van der Waals surface area (Å²) in [6.45, 7) is 5.03. The molecule has 1 aliphatic heterocycles. The largest absolute Gasteiger partial charge is 0.496 e. The number of carbonyl (C=O) groups excluding carboxylic acids is 1. The average molecular weight is 378 g/mol. The number of ether oxygens (including phenoxy) is 1. The van der Waals surface area contributed by atoms with Gasteiger partial charge in [-0.1, -0.05) is 13.8 Å². The van der Waals surface area contributed by atoms with Crippen molar-refractivity contribution in [2.45, 2.75) is 31.2 Å². The topological polar surface area (TPSA) is 116 Å². The van der Waals surface area contributed by atoms with Crippen molar-refractivity contribution in [2.75, 3.05) is 20.2 Å². The maximum atomic E-state index is 12.8. The molecule has 0 saturated carbocycles. The van der Waals surface area contributed by atoms with Crippen molar-refractivity contribution in [3.63, 3.8) is 0 Å². The van der Waals surface area contributed by atoms with Crippen LogP contribution >= 0.6 is 12.4 Å². The molecule has 0 radical (unpaired) electrons. The number of piperidine rings is 1. The minimum Gasteiger partial charge on any atom is -0.496 e. The summed E-state index contributed by atoms with van der Waals surface area (Å²) < 4.78 is 28.2. The fraction of sp³-hybridized carbons (Fsp3) is 0.533. The Morgan fingerprint density at radius 3 is 2.50 bits per heavy atom. The van der Waals surface area contributed by atoms with E-state index in [0.717, 1.165) is 0 Å². The third-order valence-corrected chi connectivity index (χ3v) is 5.24. The van der Waals surface area contributed by atoms with E-state index in [-0.39, 0.29) is 40.2 Å². The van der Waals surface area contributed by atoms with Crippen molar-refractivity contribution in [3.8, 4) is 5.75 Å². The van der Waals surface area contributed by atoms with Crippen molar-refractivity contribution in [3.05, 3.63) is 23.8 Å². The molecule has 1 amide bonds. The number of methoxy groups -OCH3 is 1. The lowest BCUT2D eigenvalue weighted by molar-refractivity contribution is 0.0529. The minimum atomic E-state index is -3.89. The molecule has 1 saturated heterocycles. The summed E-state index contributed by atoms with van der Waals surface area (Å²) in [7, 11) is -2.46. The van der Waals surface area contributed by atoms with Crippen LogP contribution in [0.1, 0.15) is 30.6 Å². The van der Waals surface area contributed by atoms with Crippen LogP contribution in [0.25, 0.3) is 0 Å². The van der Waals surface area contributed by atoms with E-state index in [1.54, 1.807) is 4.90 Å². The van der Waals surface area contributed by atoms with Gasteiger partial charge in [-0.05, 0) is 30.0 Å². The van der Waals surface area contributed by atoms with Gasteiger partial charge in [0, 0.05) is 19.1 Å². The lowest BCUT2D eigenvalue weighted by atomic mass is 9.79. The Kier molecular flexibility index (Phi) is 6.26. The highest BCUT2D eigenvalue weighted by atomic mass is 35.5. The van der Waals surface area contributed by atoms with E-state index in [4.69, 9.17) is 15.6 Å². The van der Waals surface area contributed by atoms with Crippen LogP contribution < -0.4 is 15.6 Å². The standard InChI is InChI=1S/C15H23N3O4S.ClH/c1-15(2)9-18(7-6-13(15)16)14(19)11-8-10(23(17,20)21)4-5-12(11)22-3;/h4-5,8,13H,6-7,9,16H2,1-3H3,(H2,17,20,21);1H. The van der Waals surface area contributed by atoms with Gasteiger partial charge < -0.3 is 15.4 Å². The second kappa shape index (κ2) is 7.26. The van der Waals surface area contributed by atoms with Crippen LogP contribution in [-0.4, -0.2) is 45.5 Å². The van der Waals surface area contributed by atoms with Crippen LogP contribution in [0.2, 0.25) is 0 Å². The number of primary sulfonamides is 1. The molecule has 4 N–H and O–H groups in total. The Morgan fingerprint density at radius 1 is 1.38 bits per heavy atom. The average Bonchev–Trinajstić information content (AvgIpc) is 2.47. The van der Waals surface area contributed by atoms with Crippen LogP contribution in [0.15, 0.2) is 23.1 Å². The van der Waals surface area contributed by atoms with Gasteiger partial charge in [0.15, 0.2) is 0 Å². The SMILES string of the molecule is COc1ccc(S(N)(=O)=O)cc1C(=O)N1CCC(N)C(C)(C)C1.Cl. The number of nitrogens with two attached hydrogens (primary N) is 2. The van der Waals surface area contributed by atoms with Crippen LogP contribution in [-0.2, 0) is 10.0 Å². The van der Waals surface area contributed by atoms with Crippen molar-refractivity contribution < 1.29 is 17.9 Å². The highest BCUT2D eigenvalue weighted by Gasteiger charge is 2.36. The monoisotopic (exact) mass is 377 g/mol. The molecule has 1 heterocycles. The lowest BCUT2D eigenvalue weighted by Crippen LogP contribution is -2.54. The predicted molar refractivity (Wildman–Crippen MR) is 93.9 cm³/mol. The molecule has 0 aliphatic carbocycles. The van der Waals surface area contributed by atoms with E-state index < -0.39 is 10.0 Å². The zero-order valence-electron chi connectivity index (χ0n) is 14.0. The molecule has 0 aromatic heterocycles. The fourth-order valence-electron chi connectivity index (χ4n) is 2.75. The Hall–Kier alpha value is -1.35. The first-order chi connectivity index (χ1) is 10.6. The van der Waals surface area contributed by atoms with Crippen LogP contribution in [0.4, 0.5) is 0 Å². The molecule has 1 aromatic rings. The van der Waals surface area contributed by atoms with Crippen molar-refractivity contribution in [1.29, 1.82) is 0 Å². The maximum absolute atomic E-state index is 12.8. The molecule has 1 unspecified atom stereocenters. The van der Waals surface area contributed by atoms with Gasteiger partial charge in [-0.25, -0.2) is 13.6 Å². The van der Waals surface area contributed by atoms with Gasteiger partial charge >= 0.3 is 0 Å². The summed E-state index contributed by atoms with van der Waals surface area (Å²) >= 11 is 0. The first kappa shape index (κ1) is 20.7. The number of hydrogen-bond donors (Lipinski definition) is 2. The van der Waals surface area contributed by atoms with Crippen molar-refractivity contribution >= 4 is 28.3 Å². The number of hydrogen-bond acceptors (Lipinski definition) is 5. The number of likely N-dealkylation sites (tertiary alicyclic amines) is 1. The van der Waals surface area contributed by atoms with Gasteiger partial charge in [-0.15, -0.1) is 12.4 Å². The van der Waals surface area contributed by atoms with E-state index in [1.165, 1.54) is 25.3 Å². The molecule has 24 heavy (non-hydrogen) atoms. The van der Waals surface area contributed by atoms with Gasteiger partial charge in [0.1, 0.15) is 5.75 Å². The zero-order valence-corrected chi connectivity index (χ0v) is 15.6. The van der Waals surface area contributed by atoms with Crippen LogP contribution in [0, 0.1) is 5.41 Å². The van der Waals surface area contributed by atoms with E-state index >= 15 is 0 Å². The summed E-state index contributed by atoms with van der Waals surface area (Å²) in [4.78, 5) is 14.4. The minimum absolute atomic E-state index is 0. The number of nitrogens with zero attached hydrogens (tertiary/aromatic N) is 1.